The molecule has 0 fully saturated rings. The third-order valence-corrected chi connectivity index (χ3v) is 3.33. The average molecular weight is 257 g/mol. The van der Waals surface area contributed by atoms with E-state index in [-0.39, 0.29) is 5.91 Å². The van der Waals surface area contributed by atoms with Gasteiger partial charge in [0.2, 0.25) is 5.91 Å². The van der Waals surface area contributed by atoms with E-state index in [0.717, 1.165) is 0 Å². The van der Waals surface area contributed by atoms with Crippen molar-refractivity contribution in [3.8, 4) is 12.3 Å². The minimum atomic E-state index is -0.844. The van der Waals surface area contributed by atoms with E-state index < -0.39 is 11.9 Å². The predicted molar refractivity (Wildman–Crippen MR) is 71.9 cm³/mol. The Labute approximate surface area is 112 Å². The number of para-hydroxylation sites is 1. The molecular formula is C15H15NO3. The van der Waals surface area contributed by atoms with Crippen molar-refractivity contribution >= 4 is 17.6 Å². The standard InChI is InChI=1S/C15H15NO3/c1-2-3-8-14(17)16-10-9-12(15(18)19)11-6-4-5-7-13(11)16/h1,4-7,12H,3,8-10H2,(H,18,19). The first-order chi connectivity index (χ1) is 9.15. The van der Waals surface area contributed by atoms with Crippen LogP contribution >= 0.6 is 0 Å². The van der Waals surface area contributed by atoms with E-state index in [0.29, 0.717) is 37.1 Å². The van der Waals surface area contributed by atoms with Gasteiger partial charge in [-0.05, 0) is 18.1 Å². The summed E-state index contributed by atoms with van der Waals surface area (Å²) in [5.74, 6) is 1.02. The first-order valence-corrected chi connectivity index (χ1v) is 6.20. The van der Waals surface area contributed by atoms with Crippen LogP contribution in [-0.2, 0) is 9.59 Å². The molecule has 1 N–H and O–H groups in total. The summed E-state index contributed by atoms with van der Waals surface area (Å²) < 4.78 is 0. The minimum Gasteiger partial charge on any atom is -0.481 e. The molecule has 19 heavy (non-hydrogen) atoms. The first-order valence-electron chi connectivity index (χ1n) is 6.20. The number of hydrogen-bond acceptors (Lipinski definition) is 2. The van der Waals surface area contributed by atoms with Crippen molar-refractivity contribution in [3.05, 3.63) is 29.8 Å². The summed E-state index contributed by atoms with van der Waals surface area (Å²) in [6.45, 7) is 0.428. The lowest BCUT2D eigenvalue weighted by molar-refractivity contribution is -0.139. The van der Waals surface area contributed by atoms with E-state index in [9.17, 15) is 14.7 Å². The van der Waals surface area contributed by atoms with Crippen molar-refractivity contribution in [3.63, 3.8) is 0 Å². The molecule has 4 heteroatoms. The van der Waals surface area contributed by atoms with Crippen LogP contribution in [0.2, 0.25) is 0 Å². The van der Waals surface area contributed by atoms with Gasteiger partial charge in [0.1, 0.15) is 0 Å². The lowest BCUT2D eigenvalue weighted by atomic mass is 9.90. The number of amides is 1. The predicted octanol–water partition coefficient (Wildman–Crippen LogP) is 2.00. The van der Waals surface area contributed by atoms with E-state index in [4.69, 9.17) is 6.42 Å². The molecular weight excluding hydrogens is 242 g/mol. The molecule has 1 aliphatic rings. The van der Waals surface area contributed by atoms with Gasteiger partial charge in [-0.3, -0.25) is 9.59 Å². The van der Waals surface area contributed by atoms with Crippen LogP contribution in [0, 0.1) is 12.3 Å². The second kappa shape index (κ2) is 5.57. The first kappa shape index (κ1) is 13.2. The normalized spacial score (nSPS) is 17.4. The Morgan fingerprint density at radius 2 is 2.16 bits per heavy atom. The fraction of sp³-hybridized carbons (Fsp3) is 0.333. The van der Waals surface area contributed by atoms with E-state index in [1.165, 1.54) is 0 Å². The summed E-state index contributed by atoms with van der Waals surface area (Å²) in [4.78, 5) is 25.0. The molecule has 98 valence electrons. The quantitative estimate of drug-likeness (QED) is 0.843. The number of terminal acetylenes is 1. The molecule has 0 aliphatic carbocycles. The van der Waals surface area contributed by atoms with E-state index >= 15 is 0 Å². The van der Waals surface area contributed by atoms with E-state index in [2.05, 4.69) is 5.92 Å². The highest BCUT2D eigenvalue weighted by Crippen LogP contribution is 2.35. The van der Waals surface area contributed by atoms with Gasteiger partial charge in [-0.1, -0.05) is 18.2 Å². The van der Waals surface area contributed by atoms with Crippen molar-refractivity contribution in [2.24, 2.45) is 0 Å². The maximum Gasteiger partial charge on any atom is 0.311 e. The summed E-state index contributed by atoms with van der Waals surface area (Å²) in [7, 11) is 0. The van der Waals surface area contributed by atoms with Crippen LogP contribution in [0.5, 0.6) is 0 Å². The lowest BCUT2D eigenvalue weighted by Crippen LogP contribution is -2.38. The molecule has 1 atom stereocenters. The Morgan fingerprint density at radius 3 is 2.84 bits per heavy atom. The Morgan fingerprint density at radius 1 is 1.42 bits per heavy atom. The van der Waals surface area contributed by atoms with E-state index in [1.54, 1.807) is 23.1 Å². The molecule has 0 saturated carbocycles. The molecule has 2 rings (SSSR count). The van der Waals surface area contributed by atoms with Crippen LogP contribution in [0.15, 0.2) is 24.3 Å². The number of fused-ring (bicyclic) bond motifs is 1. The number of carboxylic acids is 1. The highest BCUT2D eigenvalue weighted by atomic mass is 16.4. The molecule has 0 aromatic heterocycles. The zero-order chi connectivity index (χ0) is 13.8. The molecule has 1 unspecified atom stereocenters. The third kappa shape index (κ3) is 2.60. The van der Waals surface area contributed by atoms with Crippen molar-refractivity contribution in [1.29, 1.82) is 0 Å². The fourth-order valence-electron chi connectivity index (χ4n) is 2.39. The number of carboxylic acid groups (broad SMARTS) is 1. The van der Waals surface area contributed by atoms with Gasteiger partial charge < -0.3 is 10.0 Å². The van der Waals surface area contributed by atoms with E-state index in [1.807, 2.05) is 6.07 Å². The number of nitrogens with zero attached hydrogens (tertiary/aromatic N) is 1. The molecule has 1 amide bonds. The summed E-state index contributed by atoms with van der Waals surface area (Å²) in [6, 6.07) is 7.17. The molecule has 1 aromatic carbocycles. The third-order valence-electron chi connectivity index (χ3n) is 3.33. The molecule has 0 bridgehead atoms. The summed E-state index contributed by atoms with van der Waals surface area (Å²) >= 11 is 0. The number of rotatable bonds is 3. The minimum absolute atomic E-state index is 0.0470. The van der Waals surface area contributed by atoms with Gasteiger partial charge in [0.25, 0.3) is 0 Å². The summed E-state index contributed by atoms with van der Waals surface area (Å²) in [5.41, 5.74) is 1.40. The Balaban J connectivity index is 2.30. The zero-order valence-electron chi connectivity index (χ0n) is 10.5. The van der Waals surface area contributed by atoms with Crippen molar-refractivity contribution < 1.29 is 14.7 Å². The molecule has 1 aliphatic heterocycles. The number of carbonyl (C=O) groups excluding carboxylic acids is 1. The Hall–Kier alpha value is -2.28. The number of anilines is 1. The maximum absolute atomic E-state index is 12.1. The van der Waals surface area contributed by atoms with Gasteiger partial charge in [0.05, 0.1) is 5.92 Å². The van der Waals surface area contributed by atoms with Crippen LogP contribution in [0.4, 0.5) is 5.69 Å². The molecule has 0 spiro atoms. The van der Waals surface area contributed by atoms with Crippen LogP contribution in [-0.4, -0.2) is 23.5 Å². The summed E-state index contributed by atoms with van der Waals surface area (Å²) in [6.07, 6.45) is 6.30. The molecule has 0 radical (unpaired) electrons. The summed E-state index contributed by atoms with van der Waals surface area (Å²) in [5, 5.41) is 9.22. The lowest BCUT2D eigenvalue weighted by Gasteiger charge is -2.32. The Bertz CT molecular complexity index is 545. The van der Waals surface area contributed by atoms with Crippen LogP contribution in [0.1, 0.15) is 30.7 Å². The highest BCUT2D eigenvalue weighted by Gasteiger charge is 2.31. The van der Waals surface area contributed by atoms with Crippen molar-refractivity contribution in [2.75, 3.05) is 11.4 Å². The number of benzene rings is 1. The van der Waals surface area contributed by atoms with Gasteiger partial charge >= 0.3 is 5.97 Å². The fourth-order valence-corrected chi connectivity index (χ4v) is 2.39. The SMILES string of the molecule is C#CCCC(=O)N1CCC(C(=O)O)c2ccccc21. The topological polar surface area (TPSA) is 57.6 Å². The monoisotopic (exact) mass is 257 g/mol. The largest absolute Gasteiger partial charge is 0.481 e. The maximum atomic E-state index is 12.1. The van der Waals surface area contributed by atoms with Gasteiger partial charge in [0, 0.05) is 25.1 Å². The van der Waals surface area contributed by atoms with Crippen LogP contribution in [0.3, 0.4) is 0 Å². The van der Waals surface area contributed by atoms with Crippen molar-refractivity contribution in [1.82, 2.24) is 0 Å². The number of carbonyl (C=O) groups is 2. The van der Waals surface area contributed by atoms with Gasteiger partial charge in [-0.2, -0.15) is 0 Å². The highest BCUT2D eigenvalue weighted by molar-refractivity contribution is 5.96. The second-order valence-corrected chi connectivity index (χ2v) is 4.49. The van der Waals surface area contributed by atoms with Crippen molar-refractivity contribution in [2.45, 2.75) is 25.2 Å². The zero-order valence-corrected chi connectivity index (χ0v) is 10.5. The molecule has 1 heterocycles. The van der Waals surface area contributed by atoms with Gasteiger partial charge in [-0.25, -0.2) is 0 Å². The molecule has 1 aromatic rings. The smallest absolute Gasteiger partial charge is 0.311 e. The van der Waals surface area contributed by atoms with Gasteiger partial charge in [0.15, 0.2) is 0 Å². The second-order valence-electron chi connectivity index (χ2n) is 4.49. The molecule has 0 saturated heterocycles. The Kier molecular flexibility index (Phi) is 3.86. The number of aliphatic carboxylic acids is 1. The number of hydrogen-bond donors (Lipinski definition) is 1. The average Bonchev–Trinajstić information content (AvgIpc) is 2.43. The molecule has 4 nitrogen and oxygen atoms in total. The van der Waals surface area contributed by atoms with Crippen LogP contribution in [0.25, 0.3) is 0 Å². The van der Waals surface area contributed by atoms with Crippen LogP contribution < -0.4 is 4.90 Å². The van der Waals surface area contributed by atoms with Gasteiger partial charge in [-0.15, -0.1) is 12.3 Å².